The SMILES string of the molecule is O=C(OC(=O)C(F)(F)F)C1CN(Cc2ccc(-c3nc4nc(C5(c6ccccc6)CC5)ccc4s3)c(F)c2)C1. The first-order chi connectivity index (χ1) is 18.6. The van der Waals surface area contributed by atoms with Crippen molar-refractivity contribution in [2.45, 2.75) is 31.0 Å². The summed E-state index contributed by atoms with van der Waals surface area (Å²) in [6.45, 7) is 0.522. The van der Waals surface area contributed by atoms with Gasteiger partial charge in [-0.05, 0) is 48.2 Å². The van der Waals surface area contributed by atoms with Crippen molar-refractivity contribution < 1.29 is 31.9 Å². The van der Waals surface area contributed by atoms with E-state index in [1.54, 1.807) is 17.0 Å². The number of thiazole rings is 1. The smallest absolute Gasteiger partial charge is 0.386 e. The maximum absolute atomic E-state index is 15.1. The topological polar surface area (TPSA) is 72.4 Å². The van der Waals surface area contributed by atoms with E-state index in [4.69, 9.17) is 4.98 Å². The van der Waals surface area contributed by atoms with E-state index in [9.17, 15) is 22.8 Å². The Morgan fingerprint density at radius 2 is 1.77 bits per heavy atom. The Morgan fingerprint density at radius 3 is 2.44 bits per heavy atom. The van der Waals surface area contributed by atoms with E-state index in [1.165, 1.54) is 23.0 Å². The van der Waals surface area contributed by atoms with Gasteiger partial charge in [-0.25, -0.2) is 19.2 Å². The number of halogens is 4. The van der Waals surface area contributed by atoms with Gasteiger partial charge in [0.05, 0.1) is 16.3 Å². The predicted octanol–water partition coefficient (Wildman–Crippen LogP) is 5.64. The normalized spacial score (nSPS) is 17.1. The molecule has 0 spiro atoms. The lowest BCUT2D eigenvalue weighted by atomic mass is 9.92. The lowest BCUT2D eigenvalue weighted by Gasteiger charge is -2.37. The molecule has 0 atom stereocenters. The van der Waals surface area contributed by atoms with Crippen molar-refractivity contribution >= 4 is 33.6 Å². The van der Waals surface area contributed by atoms with E-state index < -0.39 is 29.9 Å². The number of rotatable bonds is 6. The van der Waals surface area contributed by atoms with Crippen LogP contribution >= 0.6 is 11.3 Å². The highest BCUT2D eigenvalue weighted by atomic mass is 32.1. The van der Waals surface area contributed by atoms with Gasteiger partial charge in [-0.1, -0.05) is 36.4 Å². The number of fused-ring (bicyclic) bond motifs is 1. The first-order valence-corrected chi connectivity index (χ1v) is 13.1. The summed E-state index contributed by atoms with van der Waals surface area (Å²) < 4.78 is 56.6. The van der Waals surface area contributed by atoms with Gasteiger partial charge in [0.1, 0.15) is 10.8 Å². The van der Waals surface area contributed by atoms with Crippen molar-refractivity contribution in [2.24, 2.45) is 5.92 Å². The quantitative estimate of drug-likeness (QED) is 0.174. The summed E-state index contributed by atoms with van der Waals surface area (Å²) >= 11 is 1.36. The van der Waals surface area contributed by atoms with Crippen LogP contribution in [0.15, 0.2) is 60.7 Å². The van der Waals surface area contributed by atoms with Gasteiger partial charge in [-0.15, -0.1) is 11.3 Å². The number of hydrogen-bond donors (Lipinski definition) is 0. The number of likely N-dealkylation sites (tertiary alicyclic amines) is 1. The summed E-state index contributed by atoms with van der Waals surface area (Å²) in [7, 11) is 0. The van der Waals surface area contributed by atoms with E-state index in [0.717, 1.165) is 23.2 Å². The van der Waals surface area contributed by atoms with Crippen LogP contribution in [-0.4, -0.2) is 46.1 Å². The maximum atomic E-state index is 15.1. The number of hydrogen-bond acceptors (Lipinski definition) is 7. The molecule has 1 saturated heterocycles. The number of carbonyl (C=O) groups is 2. The van der Waals surface area contributed by atoms with Crippen LogP contribution in [-0.2, 0) is 26.3 Å². The zero-order chi connectivity index (χ0) is 27.4. The van der Waals surface area contributed by atoms with Gasteiger partial charge in [0, 0.05) is 30.6 Å². The average molecular weight is 556 g/mol. The number of benzene rings is 2. The lowest BCUT2D eigenvalue weighted by Crippen LogP contribution is -2.51. The molecule has 0 bridgehead atoms. The molecule has 1 aliphatic heterocycles. The molecule has 200 valence electrons. The molecule has 6 rings (SSSR count). The van der Waals surface area contributed by atoms with Gasteiger partial charge in [0.15, 0.2) is 5.65 Å². The third-order valence-electron chi connectivity index (χ3n) is 7.21. The summed E-state index contributed by atoms with van der Waals surface area (Å²) in [4.78, 5) is 33.8. The monoisotopic (exact) mass is 555 g/mol. The van der Waals surface area contributed by atoms with Crippen LogP contribution in [0.4, 0.5) is 17.6 Å². The van der Waals surface area contributed by atoms with Crippen molar-refractivity contribution in [3.05, 3.63) is 83.3 Å². The molecule has 3 heterocycles. The summed E-state index contributed by atoms with van der Waals surface area (Å²) in [5, 5.41) is 0.518. The van der Waals surface area contributed by atoms with Crippen LogP contribution in [0.5, 0.6) is 0 Å². The molecular formula is C28H21F4N3O3S. The molecule has 0 N–H and O–H groups in total. The summed E-state index contributed by atoms with van der Waals surface area (Å²) in [6.07, 6.45) is -3.18. The molecule has 0 amide bonds. The maximum Gasteiger partial charge on any atom is 0.491 e. The van der Waals surface area contributed by atoms with E-state index in [1.807, 2.05) is 30.3 Å². The van der Waals surface area contributed by atoms with Crippen molar-refractivity contribution in [3.8, 4) is 10.6 Å². The second kappa shape index (κ2) is 9.49. The Morgan fingerprint density at radius 1 is 1.03 bits per heavy atom. The summed E-state index contributed by atoms with van der Waals surface area (Å²) in [6, 6.07) is 19.1. The van der Waals surface area contributed by atoms with E-state index in [0.29, 0.717) is 28.3 Å². The number of esters is 2. The van der Waals surface area contributed by atoms with Gasteiger partial charge in [0.25, 0.3) is 0 Å². The molecule has 2 aliphatic rings. The van der Waals surface area contributed by atoms with Gasteiger partial charge in [-0.2, -0.15) is 13.2 Å². The number of nitrogens with zero attached hydrogens (tertiary/aromatic N) is 3. The minimum atomic E-state index is -5.22. The minimum absolute atomic E-state index is 0.0907. The number of pyridine rings is 1. The number of carbonyl (C=O) groups excluding carboxylic acids is 2. The van der Waals surface area contributed by atoms with E-state index >= 15 is 4.39 Å². The van der Waals surface area contributed by atoms with Crippen LogP contribution in [0.3, 0.4) is 0 Å². The molecule has 2 fully saturated rings. The first kappa shape index (κ1) is 25.6. The Balaban J connectivity index is 1.12. The highest BCUT2D eigenvalue weighted by molar-refractivity contribution is 7.21. The Labute approximate surface area is 224 Å². The highest BCUT2D eigenvalue weighted by Crippen LogP contribution is 2.53. The van der Waals surface area contributed by atoms with Crippen LogP contribution in [0, 0.1) is 11.7 Å². The van der Waals surface area contributed by atoms with Gasteiger partial charge < -0.3 is 4.74 Å². The molecular weight excluding hydrogens is 534 g/mol. The molecule has 0 unspecified atom stereocenters. The average Bonchev–Trinajstić information content (AvgIpc) is 3.58. The standard InChI is InChI=1S/C28H21F4N3O3S/c29-20-12-16(13-35-14-17(15-35)25(36)38-26(37)28(30,31)32)6-7-19(20)24-34-23-21(39-24)8-9-22(33-23)27(10-11-27)18-4-2-1-3-5-18/h1-9,12,17H,10-11,13-15H2. The number of ether oxygens (including phenoxy) is 1. The fourth-order valence-electron chi connectivity index (χ4n) is 4.94. The molecule has 4 aromatic rings. The van der Waals surface area contributed by atoms with Gasteiger partial charge in [-0.3, -0.25) is 9.69 Å². The lowest BCUT2D eigenvalue weighted by molar-refractivity contribution is -0.204. The van der Waals surface area contributed by atoms with Crippen LogP contribution in [0.1, 0.15) is 29.7 Å². The second-order valence-electron chi connectivity index (χ2n) is 9.90. The predicted molar refractivity (Wildman–Crippen MR) is 135 cm³/mol. The Bertz CT molecular complexity index is 1580. The minimum Gasteiger partial charge on any atom is -0.386 e. The van der Waals surface area contributed by atoms with Crippen LogP contribution in [0.25, 0.3) is 20.9 Å². The molecule has 0 radical (unpaired) electrons. The number of alkyl halides is 3. The summed E-state index contributed by atoms with van der Waals surface area (Å²) in [5.41, 5.74) is 3.67. The van der Waals surface area contributed by atoms with Gasteiger partial charge in [0.2, 0.25) is 0 Å². The molecule has 2 aromatic heterocycles. The molecule has 2 aromatic carbocycles. The number of aromatic nitrogens is 2. The third-order valence-corrected chi connectivity index (χ3v) is 8.25. The van der Waals surface area contributed by atoms with Crippen molar-refractivity contribution in [3.63, 3.8) is 0 Å². The zero-order valence-corrected chi connectivity index (χ0v) is 21.2. The molecule has 1 aliphatic carbocycles. The van der Waals surface area contributed by atoms with E-state index in [2.05, 4.69) is 21.9 Å². The molecule has 1 saturated carbocycles. The van der Waals surface area contributed by atoms with Crippen molar-refractivity contribution in [1.82, 2.24) is 14.9 Å². The molecule has 39 heavy (non-hydrogen) atoms. The van der Waals surface area contributed by atoms with Crippen LogP contribution in [0.2, 0.25) is 0 Å². The first-order valence-electron chi connectivity index (χ1n) is 12.3. The van der Waals surface area contributed by atoms with Crippen molar-refractivity contribution in [2.75, 3.05) is 13.1 Å². The van der Waals surface area contributed by atoms with Gasteiger partial charge >= 0.3 is 18.1 Å². The Kier molecular flexibility index (Phi) is 6.22. The van der Waals surface area contributed by atoms with Crippen LogP contribution < -0.4 is 0 Å². The third kappa shape index (κ3) is 4.92. The van der Waals surface area contributed by atoms with Crippen molar-refractivity contribution in [1.29, 1.82) is 0 Å². The fraction of sp³-hybridized carbons (Fsp3) is 0.286. The molecule has 6 nitrogen and oxygen atoms in total. The Hall–Kier alpha value is -3.70. The fourth-order valence-corrected chi connectivity index (χ4v) is 5.88. The largest absolute Gasteiger partial charge is 0.491 e. The highest BCUT2D eigenvalue weighted by Gasteiger charge is 2.47. The summed E-state index contributed by atoms with van der Waals surface area (Å²) in [5.74, 6) is -5.02. The molecule has 11 heteroatoms. The van der Waals surface area contributed by atoms with E-state index in [-0.39, 0.29) is 18.5 Å². The second-order valence-corrected chi connectivity index (χ2v) is 10.9. The zero-order valence-electron chi connectivity index (χ0n) is 20.4.